The monoisotopic (exact) mass is 330 g/mol. The van der Waals surface area contributed by atoms with Gasteiger partial charge in [-0.05, 0) is 37.4 Å². The molecule has 2 heterocycles. The van der Waals surface area contributed by atoms with Crippen molar-refractivity contribution in [1.82, 2.24) is 15.2 Å². The van der Waals surface area contributed by atoms with Crippen LogP contribution in [0.25, 0.3) is 0 Å². The third-order valence-electron chi connectivity index (χ3n) is 3.71. The van der Waals surface area contributed by atoms with Crippen molar-refractivity contribution in [3.8, 4) is 0 Å². The Balaban J connectivity index is 1.95. The maximum atomic E-state index is 12.0. The maximum Gasteiger partial charge on any atom is 0.313 e. The summed E-state index contributed by atoms with van der Waals surface area (Å²) in [5, 5.41) is 5.17. The Bertz CT molecular complexity index is 639. The summed E-state index contributed by atoms with van der Waals surface area (Å²) in [6.07, 6.45) is 4.67. The van der Waals surface area contributed by atoms with Crippen molar-refractivity contribution < 1.29 is 14.0 Å². The number of aromatic nitrogens is 1. The molecule has 0 aliphatic heterocycles. The molecular weight excluding hydrogens is 308 g/mol. The van der Waals surface area contributed by atoms with Gasteiger partial charge >= 0.3 is 11.8 Å². The van der Waals surface area contributed by atoms with Crippen LogP contribution in [0, 0.1) is 0 Å². The van der Waals surface area contributed by atoms with E-state index in [1.807, 2.05) is 26.0 Å². The standard InChI is InChI=1S/C17H22N4O3/c1-3-21(4-2)14(15-8-6-10-24-15)12-19-16(22)17(23)20-13-7-5-9-18-11-13/h5-11,14H,3-4,12H2,1-2H3,(H,19,22)(H,20,23). The van der Waals surface area contributed by atoms with Gasteiger partial charge in [0, 0.05) is 12.7 Å². The molecule has 0 saturated carbocycles. The summed E-state index contributed by atoms with van der Waals surface area (Å²) in [6, 6.07) is 6.90. The van der Waals surface area contributed by atoms with Crippen molar-refractivity contribution in [2.75, 3.05) is 25.0 Å². The fourth-order valence-corrected chi connectivity index (χ4v) is 2.45. The lowest BCUT2D eigenvalue weighted by Gasteiger charge is -2.28. The lowest BCUT2D eigenvalue weighted by Crippen LogP contribution is -2.42. The molecule has 7 heteroatoms. The summed E-state index contributed by atoms with van der Waals surface area (Å²) in [7, 11) is 0. The van der Waals surface area contributed by atoms with Crippen LogP contribution in [0.5, 0.6) is 0 Å². The van der Waals surface area contributed by atoms with E-state index in [4.69, 9.17) is 4.42 Å². The smallest absolute Gasteiger partial charge is 0.313 e. The average Bonchev–Trinajstić information content (AvgIpc) is 3.13. The highest BCUT2D eigenvalue weighted by Crippen LogP contribution is 2.20. The number of furan rings is 1. The molecule has 0 saturated heterocycles. The average molecular weight is 330 g/mol. The van der Waals surface area contributed by atoms with E-state index >= 15 is 0 Å². The van der Waals surface area contributed by atoms with E-state index in [0.29, 0.717) is 5.69 Å². The van der Waals surface area contributed by atoms with Crippen LogP contribution < -0.4 is 10.6 Å². The summed E-state index contributed by atoms with van der Waals surface area (Å²) >= 11 is 0. The lowest BCUT2D eigenvalue weighted by molar-refractivity contribution is -0.136. The van der Waals surface area contributed by atoms with Crippen LogP contribution in [-0.4, -0.2) is 41.3 Å². The van der Waals surface area contributed by atoms with Gasteiger partial charge in [0.1, 0.15) is 5.76 Å². The highest BCUT2D eigenvalue weighted by Gasteiger charge is 2.23. The first-order chi connectivity index (χ1) is 11.7. The molecule has 2 aromatic heterocycles. The molecule has 1 atom stereocenters. The summed E-state index contributed by atoms with van der Waals surface area (Å²) in [5.41, 5.74) is 0.476. The first kappa shape index (κ1) is 17.7. The Kier molecular flexibility index (Phi) is 6.51. The molecule has 0 radical (unpaired) electrons. The normalized spacial score (nSPS) is 12.0. The number of hydrogen-bond acceptors (Lipinski definition) is 5. The zero-order valence-electron chi connectivity index (χ0n) is 13.9. The summed E-state index contributed by atoms with van der Waals surface area (Å²) in [6.45, 7) is 5.97. The topological polar surface area (TPSA) is 87.5 Å². The zero-order chi connectivity index (χ0) is 17.4. The van der Waals surface area contributed by atoms with E-state index in [-0.39, 0.29) is 12.6 Å². The predicted octanol–water partition coefficient (Wildman–Crippen LogP) is 1.81. The quantitative estimate of drug-likeness (QED) is 0.756. The van der Waals surface area contributed by atoms with E-state index in [0.717, 1.165) is 18.8 Å². The number of rotatable bonds is 7. The van der Waals surface area contributed by atoms with Crippen LogP contribution in [0.4, 0.5) is 5.69 Å². The molecule has 1 unspecified atom stereocenters. The molecule has 0 spiro atoms. The molecule has 0 bridgehead atoms. The number of amides is 2. The van der Waals surface area contributed by atoms with Crippen molar-refractivity contribution in [1.29, 1.82) is 0 Å². The van der Waals surface area contributed by atoms with E-state index in [9.17, 15) is 9.59 Å². The summed E-state index contributed by atoms with van der Waals surface area (Å²) in [5.74, 6) is -0.657. The van der Waals surface area contributed by atoms with E-state index in [2.05, 4.69) is 20.5 Å². The minimum absolute atomic E-state index is 0.120. The second-order valence-corrected chi connectivity index (χ2v) is 5.16. The van der Waals surface area contributed by atoms with Gasteiger partial charge in [-0.15, -0.1) is 0 Å². The Labute approximate surface area is 141 Å². The van der Waals surface area contributed by atoms with Crippen molar-refractivity contribution in [2.24, 2.45) is 0 Å². The lowest BCUT2D eigenvalue weighted by atomic mass is 10.2. The highest BCUT2D eigenvalue weighted by molar-refractivity contribution is 6.39. The zero-order valence-corrected chi connectivity index (χ0v) is 13.9. The van der Waals surface area contributed by atoms with E-state index < -0.39 is 11.8 Å². The second kappa shape index (κ2) is 8.83. The van der Waals surface area contributed by atoms with Gasteiger partial charge in [0.2, 0.25) is 0 Å². The number of anilines is 1. The van der Waals surface area contributed by atoms with Crippen LogP contribution in [0.2, 0.25) is 0 Å². The third kappa shape index (κ3) is 4.66. The number of nitrogens with one attached hydrogen (secondary N) is 2. The highest BCUT2D eigenvalue weighted by atomic mass is 16.3. The number of carbonyl (C=O) groups excluding carboxylic acids is 2. The van der Waals surface area contributed by atoms with Gasteiger partial charge in [0.15, 0.2) is 0 Å². The largest absolute Gasteiger partial charge is 0.468 e. The van der Waals surface area contributed by atoms with Crippen molar-refractivity contribution in [3.05, 3.63) is 48.7 Å². The van der Waals surface area contributed by atoms with Gasteiger partial charge in [0.05, 0.1) is 24.2 Å². The van der Waals surface area contributed by atoms with Gasteiger partial charge in [-0.2, -0.15) is 0 Å². The van der Waals surface area contributed by atoms with Crippen molar-refractivity contribution in [3.63, 3.8) is 0 Å². The van der Waals surface area contributed by atoms with Gasteiger partial charge in [0.25, 0.3) is 0 Å². The minimum Gasteiger partial charge on any atom is -0.468 e. The van der Waals surface area contributed by atoms with Crippen LogP contribution in [0.1, 0.15) is 25.6 Å². The maximum absolute atomic E-state index is 12.0. The number of nitrogens with zero attached hydrogens (tertiary/aromatic N) is 2. The molecular formula is C17H22N4O3. The van der Waals surface area contributed by atoms with Crippen LogP contribution in [-0.2, 0) is 9.59 Å². The number of hydrogen-bond donors (Lipinski definition) is 2. The van der Waals surface area contributed by atoms with Crippen molar-refractivity contribution in [2.45, 2.75) is 19.9 Å². The molecule has 0 aromatic carbocycles. The fourth-order valence-electron chi connectivity index (χ4n) is 2.45. The van der Waals surface area contributed by atoms with E-state index in [1.165, 1.54) is 6.20 Å². The first-order valence-corrected chi connectivity index (χ1v) is 7.92. The Morgan fingerprint density at radius 3 is 2.58 bits per heavy atom. The molecule has 128 valence electrons. The number of pyridine rings is 1. The molecule has 0 aliphatic rings. The molecule has 0 fully saturated rings. The minimum atomic E-state index is -0.722. The first-order valence-electron chi connectivity index (χ1n) is 7.92. The van der Waals surface area contributed by atoms with Crippen LogP contribution in [0.15, 0.2) is 47.3 Å². The summed E-state index contributed by atoms with van der Waals surface area (Å²) in [4.78, 5) is 30.0. The SMILES string of the molecule is CCN(CC)C(CNC(=O)C(=O)Nc1cccnc1)c1ccco1. The molecule has 2 rings (SSSR count). The molecule has 0 aliphatic carbocycles. The Hall–Kier alpha value is -2.67. The molecule has 2 aromatic rings. The molecule has 2 N–H and O–H groups in total. The van der Waals surface area contributed by atoms with Crippen LogP contribution in [0.3, 0.4) is 0 Å². The number of likely N-dealkylation sites (N-methyl/N-ethyl adjacent to an activating group) is 1. The van der Waals surface area contributed by atoms with E-state index in [1.54, 1.807) is 24.6 Å². The van der Waals surface area contributed by atoms with Gasteiger partial charge in [-0.25, -0.2) is 0 Å². The molecule has 7 nitrogen and oxygen atoms in total. The fraction of sp³-hybridized carbons (Fsp3) is 0.353. The summed E-state index contributed by atoms with van der Waals surface area (Å²) < 4.78 is 5.47. The number of carbonyl (C=O) groups is 2. The Morgan fingerprint density at radius 1 is 1.21 bits per heavy atom. The molecule has 24 heavy (non-hydrogen) atoms. The Morgan fingerprint density at radius 2 is 2.00 bits per heavy atom. The van der Waals surface area contributed by atoms with Gasteiger partial charge in [-0.1, -0.05) is 13.8 Å². The van der Waals surface area contributed by atoms with Crippen LogP contribution >= 0.6 is 0 Å². The molecule has 2 amide bonds. The second-order valence-electron chi connectivity index (χ2n) is 5.16. The van der Waals surface area contributed by atoms with Gasteiger partial charge < -0.3 is 15.1 Å². The van der Waals surface area contributed by atoms with Gasteiger partial charge in [-0.3, -0.25) is 19.5 Å². The third-order valence-corrected chi connectivity index (χ3v) is 3.71. The predicted molar refractivity (Wildman–Crippen MR) is 90.2 cm³/mol. The van der Waals surface area contributed by atoms with Crippen molar-refractivity contribution >= 4 is 17.5 Å².